The topological polar surface area (TPSA) is 66.4 Å². The predicted molar refractivity (Wildman–Crippen MR) is 60.9 cm³/mol. The van der Waals surface area contributed by atoms with Crippen LogP contribution in [0.1, 0.15) is 34.1 Å². The average molecular weight is 227 g/mol. The van der Waals surface area contributed by atoms with Crippen molar-refractivity contribution in [1.82, 2.24) is 5.32 Å². The van der Waals surface area contributed by atoms with Gasteiger partial charge in [0.15, 0.2) is 0 Å². The molecule has 3 atom stereocenters. The number of carbonyl (C=O) groups is 2. The largest absolute Gasteiger partial charge is 0.481 e. The van der Waals surface area contributed by atoms with Gasteiger partial charge < -0.3 is 10.4 Å². The van der Waals surface area contributed by atoms with Crippen LogP contribution in [0.4, 0.5) is 0 Å². The summed E-state index contributed by atoms with van der Waals surface area (Å²) in [7, 11) is 0. The zero-order valence-electron chi connectivity index (χ0n) is 10.4. The van der Waals surface area contributed by atoms with Crippen LogP contribution < -0.4 is 5.32 Å². The number of amides is 1. The van der Waals surface area contributed by atoms with Crippen molar-refractivity contribution in [2.45, 2.75) is 34.1 Å². The maximum absolute atomic E-state index is 11.8. The van der Waals surface area contributed by atoms with Crippen LogP contribution in [0, 0.1) is 23.2 Å². The van der Waals surface area contributed by atoms with Gasteiger partial charge in [-0.05, 0) is 11.3 Å². The van der Waals surface area contributed by atoms with Crippen LogP contribution in [0.2, 0.25) is 0 Å². The number of carbonyl (C=O) groups excluding carboxylic acids is 1. The minimum Gasteiger partial charge on any atom is -0.481 e. The Kier molecular flexibility index (Phi) is 3.61. The third-order valence-electron chi connectivity index (χ3n) is 3.70. The summed E-state index contributed by atoms with van der Waals surface area (Å²) in [6.07, 6.45) is 1.01. The molecule has 92 valence electrons. The van der Waals surface area contributed by atoms with E-state index < -0.39 is 17.3 Å². The number of hydrogen-bond donors (Lipinski definition) is 2. The van der Waals surface area contributed by atoms with Gasteiger partial charge in [0, 0.05) is 6.54 Å². The standard InChI is InChI=1S/C12H21NO3/c1-5-7(2)6-13-10(14)8-9(11(15)16)12(8,3)4/h7-9H,5-6H2,1-4H3,(H,13,14)(H,15,16)/t7?,8-,9+/m0/s1. The quantitative estimate of drug-likeness (QED) is 0.748. The summed E-state index contributed by atoms with van der Waals surface area (Å²) in [5.74, 6) is -1.43. The van der Waals surface area contributed by atoms with E-state index in [2.05, 4.69) is 19.2 Å². The average Bonchev–Trinajstić information content (AvgIpc) is 2.77. The fourth-order valence-electron chi connectivity index (χ4n) is 2.12. The molecule has 0 heterocycles. The summed E-state index contributed by atoms with van der Waals surface area (Å²) in [6, 6.07) is 0. The SMILES string of the molecule is CCC(C)CNC(=O)[C@@H]1[C@H](C(=O)O)C1(C)C. The molecule has 2 N–H and O–H groups in total. The molecule has 4 heteroatoms. The Morgan fingerprint density at radius 3 is 2.31 bits per heavy atom. The van der Waals surface area contributed by atoms with E-state index in [1.165, 1.54) is 0 Å². The smallest absolute Gasteiger partial charge is 0.307 e. The third-order valence-corrected chi connectivity index (χ3v) is 3.70. The molecule has 1 fully saturated rings. The number of carboxylic acid groups (broad SMARTS) is 1. The second-order valence-electron chi connectivity index (χ2n) is 5.37. The fraction of sp³-hybridized carbons (Fsp3) is 0.833. The highest BCUT2D eigenvalue weighted by atomic mass is 16.4. The molecular weight excluding hydrogens is 206 g/mol. The summed E-state index contributed by atoms with van der Waals surface area (Å²) in [5, 5.41) is 11.8. The second kappa shape index (κ2) is 4.44. The van der Waals surface area contributed by atoms with Crippen molar-refractivity contribution < 1.29 is 14.7 Å². The van der Waals surface area contributed by atoms with Crippen molar-refractivity contribution in [1.29, 1.82) is 0 Å². The van der Waals surface area contributed by atoms with Crippen LogP contribution in [0.5, 0.6) is 0 Å². The lowest BCUT2D eigenvalue weighted by molar-refractivity contribution is -0.140. The van der Waals surface area contributed by atoms with E-state index in [0.29, 0.717) is 12.5 Å². The molecule has 0 aromatic heterocycles. The lowest BCUT2D eigenvalue weighted by Gasteiger charge is -2.10. The number of carboxylic acids is 1. The van der Waals surface area contributed by atoms with Crippen LogP contribution in [-0.2, 0) is 9.59 Å². The third kappa shape index (κ3) is 2.36. The zero-order valence-corrected chi connectivity index (χ0v) is 10.4. The van der Waals surface area contributed by atoms with Gasteiger partial charge in [-0.1, -0.05) is 34.1 Å². The Balaban J connectivity index is 2.48. The van der Waals surface area contributed by atoms with Crippen LogP contribution in [0.3, 0.4) is 0 Å². The minimum absolute atomic E-state index is 0.113. The Bertz CT molecular complexity index is 299. The Morgan fingerprint density at radius 1 is 1.38 bits per heavy atom. The van der Waals surface area contributed by atoms with Gasteiger partial charge in [0.1, 0.15) is 0 Å². The summed E-state index contributed by atoms with van der Waals surface area (Å²) >= 11 is 0. The van der Waals surface area contributed by atoms with E-state index in [0.717, 1.165) is 6.42 Å². The summed E-state index contributed by atoms with van der Waals surface area (Å²) in [5.41, 5.74) is -0.397. The van der Waals surface area contributed by atoms with Crippen molar-refractivity contribution in [3.8, 4) is 0 Å². The van der Waals surface area contributed by atoms with Crippen molar-refractivity contribution in [3.05, 3.63) is 0 Å². The van der Waals surface area contributed by atoms with E-state index in [1.807, 2.05) is 13.8 Å². The van der Waals surface area contributed by atoms with Crippen molar-refractivity contribution >= 4 is 11.9 Å². The zero-order chi connectivity index (χ0) is 12.5. The summed E-state index contributed by atoms with van der Waals surface area (Å²) in [4.78, 5) is 22.7. The predicted octanol–water partition coefficient (Wildman–Crippen LogP) is 1.51. The normalized spacial score (nSPS) is 28.2. The Labute approximate surface area is 96.4 Å². The van der Waals surface area contributed by atoms with E-state index in [-0.39, 0.29) is 11.8 Å². The first kappa shape index (κ1) is 13.0. The highest BCUT2D eigenvalue weighted by Crippen LogP contribution is 2.58. The summed E-state index contributed by atoms with van der Waals surface area (Å²) < 4.78 is 0. The van der Waals surface area contributed by atoms with Gasteiger partial charge in [-0.15, -0.1) is 0 Å². The molecule has 1 saturated carbocycles. The molecule has 0 bridgehead atoms. The molecule has 0 saturated heterocycles. The first-order chi connectivity index (χ1) is 7.32. The molecule has 1 unspecified atom stereocenters. The minimum atomic E-state index is -0.867. The van der Waals surface area contributed by atoms with Gasteiger partial charge in [0.25, 0.3) is 0 Å². The van der Waals surface area contributed by atoms with Crippen molar-refractivity contribution in [2.75, 3.05) is 6.54 Å². The molecule has 4 nitrogen and oxygen atoms in total. The molecule has 1 amide bonds. The van der Waals surface area contributed by atoms with Crippen LogP contribution >= 0.6 is 0 Å². The Morgan fingerprint density at radius 2 is 1.94 bits per heavy atom. The van der Waals surface area contributed by atoms with Crippen molar-refractivity contribution in [3.63, 3.8) is 0 Å². The van der Waals surface area contributed by atoms with Gasteiger partial charge in [0.2, 0.25) is 5.91 Å². The van der Waals surface area contributed by atoms with Gasteiger partial charge >= 0.3 is 5.97 Å². The molecule has 1 rings (SSSR count). The first-order valence-electron chi connectivity index (χ1n) is 5.82. The fourth-order valence-corrected chi connectivity index (χ4v) is 2.12. The van der Waals surface area contributed by atoms with Gasteiger partial charge in [-0.2, -0.15) is 0 Å². The Hall–Kier alpha value is -1.06. The number of hydrogen-bond acceptors (Lipinski definition) is 2. The first-order valence-corrected chi connectivity index (χ1v) is 5.82. The lowest BCUT2D eigenvalue weighted by atomic mass is 10.1. The molecule has 0 spiro atoms. The van der Waals surface area contributed by atoms with Crippen LogP contribution in [-0.4, -0.2) is 23.5 Å². The van der Waals surface area contributed by atoms with Crippen LogP contribution in [0.25, 0.3) is 0 Å². The maximum atomic E-state index is 11.8. The molecular formula is C12H21NO3. The van der Waals surface area contributed by atoms with Gasteiger partial charge in [-0.25, -0.2) is 0 Å². The molecule has 0 aromatic carbocycles. The number of rotatable bonds is 5. The van der Waals surface area contributed by atoms with E-state index in [9.17, 15) is 9.59 Å². The molecule has 1 aliphatic carbocycles. The van der Waals surface area contributed by atoms with Gasteiger partial charge in [-0.3, -0.25) is 9.59 Å². The monoisotopic (exact) mass is 227 g/mol. The summed E-state index contributed by atoms with van der Waals surface area (Å²) in [6.45, 7) is 8.43. The highest BCUT2D eigenvalue weighted by Gasteiger charge is 2.65. The molecule has 16 heavy (non-hydrogen) atoms. The molecule has 0 aliphatic heterocycles. The number of aliphatic carboxylic acids is 1. The lowest BCUT2D eigenvalue weighted by Crippen LogP contribution is -2.31. The maximum Gasteiger partial charge on any atom is 0.307 e. The van der Waals surface area contributed by atoms with Crippen LogP contribution in [0.15, 0.2) is 0 Å². The van der Waals surface area contributed by atoms with E-state index in [4.69, 9.17) is 5.11 Å². The second-order valence-corrected chi connectivity index (χ2v) is 5.37. The number of nitrogens with one attached hydrogen (secondary N) is 1. The van der Waals surface area contributed by atoms with E-state index >= 15 is 0 Å². The molecule has 0 aromatic rings. The molecule has 0 radical (unpaired) electrons. The van der Waals surface area contributed by atoms with Gasteiger partial charge in [0.05, 0.1) is 11.8 Å². The van der Waals surface area contributed by atoms with E-state index in [1.54, 1.807) is 0 Å². The molecule has 1 aliphatic rings. The van der Waals surface area contributed by atoms with Crippen molar-refractivity contribution in [2.24, 2.45) is 23.2 Å². The highest BCUT2D eigenvalue weighted by molar-refractivity contribution is 5.91.